The lowest BCUT2D eigenvalue weighted by Gasteiger charge is -2.44. The van der Waals surface area contributed by atoms with Crippen molar-refractivity contribution in [3.8, 4) is 0 Å². The summed E-state index contributed by atoms with van der Waals surface area (Å²) < 4.78 is 0. The molecule has 3 heteroatoms. The Morgan fingerprint density at radius 1 is 1.21 bits per heavy atom. The first-order valence-corrected chi connectivity index (χ1v) is 5.63. The summed E-state index contributed by atoms with van der Waals surface area (Å²) in [7, 11) is 0. The van der Waals surface area contributed by atoms with Crippen LogP contribution in [0, 0.1) is 11.8 Å². The predicted molar refractivity (Wildman–Crippen MR) is 54.1 cm³/mol. The van der Waals surface area contributed by atoms with Gasteiger partial charge in [-0.25, -0.2) is 0 Å². The molecule has 0 radical (unpaired) electrons. The number of hydrogen-bond donors (Lipinski definition) is 1. The molecule has 2 rings (SSSR count). The Labute approximate surface area is 85.1 Å². The van der Waals surface area contributed by atoms with E-state index in [0.717, 1.165) is 19.0 Å². The number of likely N-dealkylation sites (tertiary alicyclic amines) is 1. The van der Waals surface area contributed by atoms with Gasteiger partial charge in [-0.2, -0.15) is 0 Å². The van der Waals surface area contributed by atoms with Crippen molar-refractivity contribution in [2.45, 2.75) is 38.6 Å². The first-order valence-electron chi connectivity index (χ1n) is 5.63. The summed E-state index contributed by atoms with van der Waals surface area (Å²) in [5.74, 6) is 0.169. The molecule has 2 aliphatic rings. The van der Waals surface area contributed by atoms with Gasteiger partial charge < -0.3 is 5.11 Å². The third-order valence-corrected chi connectivity index (χ3v) is 3.76. The molecule has 0 aromatic rings. The molecular weight excluding hydrogens is 178 g/mol. The van der Waals surface area contributed by atoms with Crippen molar-refractivity contribution in [1.29, 1.82) is 0 Å². The monoisotopic (exact) mass is 197 g/mol. The van der Waals surface area contributed by atoms with Crippen molar-refractivity contribution in [2.24, 2.45) is 11.8 Å². The quantitative estimate of drug-likeness (QED) is 0.730. The number of carboxylic acids is 1. The van der Waals surface area contributed by atoms with Crippen molar-refractivity contribution in [3.05, 3.63) is 0 Å². The summed E-state index contributed by atoms with van der Waals surface area (Å²) in [5.41, 5.74) is 0. The zero-order chi connectivity index (χ0) is 10.1. The number of carbonyl (C=O) groups is 1. The van der Waals surface area contributed by atoms with Gasteiger partial charge in [0.1, 0.15) is 0 Å². The van der Waals surface area contributed by atoms with Crippen molar-refractivity contribution in [1.82, 2.24) is 4.90 Å². The zero-order valence-electron chi connectivity index (χ0n) is 8.78. The van der Waals surface area contributed by atoms with Crippen LogP contribution in [0.2, 0.25) is 0 Å². The van der Waals surface area contributed by atoms with E-state index in [1.54, 1.807) is 0 Å². The molecule has 80 valence electrons. The van der Waals surface area contributed by atoms with Crippen LogP contribution in [0.1, 0.15) is 32.6 Å². The third-order valence-electron chi connectivity index (χ3n) is 3.76. The van der Waals surface area contributed by atoms with Gasteiger partial charge >= 0.3 is 5.97 Å². The highest BCUT2D eigenvalue weighted by molar-refractivity contribution is 5.71. The SMILES string of the molecule is CC1CCC(N2CC(C(=O)O)C2)CC1. The summed E-state index contributed by atoms with van der Waals surface area (Å²) >= 11 is 0. The molecule has 0 aromatic carbocycles. The van der Waals surface area contributed by atoms with Crippen LogP contribution in [0.5, 0.6) is 0 Å². The Kier molecular flexibility index (Phi) is 2.77. The molecule has 3 nitrogen and oxygen atoms in total. The lowest BCUT2D eigenvalue weighted by Crippen LogP contribution is -2.55. The minimum absolute atomic E-state index is 0.0886. The maximum Gasteiger partial charge on any atom is 0.309 e. The molecule has 0 bridgehead atoms. The number of aliphatic carboxylic acids is 1. The Morgan fingerprint density at radius 3 is 2.29 bits per heavy atom. The second-order valence-electron chi connectivity index (χ2n) is 4.90. The van der Waals surface area contributed by atoms with Crippen LogP contribution in [-0.2, 0) is 4.79 Å². The molecule has 0 unspecified atom stereocenters. The second-order valence-corrected chi connectivity index (χ2v) is 4.90. The van der Waals surface area contributed by atoms with E-state index >= 15 is 0 Å². The van der Waals surface area contributed by atoms with E-state index in [1.165, 1.54) is 25.7 Å². The number of carboxylic acid groups (broad SMARTS) is 1. The Hall–Kier alpha value is -0.570. The van der Waals surface area contributed by atoms with Crippen molar-refractivity contribution < 1.29 is 9.90 Å². The molecule has 2 fully saturated rings. The van der Waals surface area contributed by atoms with Crippen molar-refractivity contribution >= 4 is 5.97 Å². The fourth-order valence-corrected chi connectivity index (χ4v) is 2.57. The lowest BCUT2D eigenvalue weighted by molar-refractivity contribution is -0.149. The average molecular weight is 197 g/mol. The van der Waals surface area contributed by atoms with Gasteiger partial charge in [-0.05, 0) is 31.6 Å². The largest absolute Gasteiger partial charge is 0.481 e. The molecule has 0 atom stereocenters. The topological polar surface area (TPSA) is 40.5 Å². The molecular formula is C11H19NO2. The highest BCUT2D eigenvalue weighted by atomic mass is 16.4. The highest BCUT2D eigenvalue weighted by Gasteiger charge is 2.37. The third kappa shape index (κ3) is 1.92. The predicted octanol–water partition coefficient (Wildman–Crippen LogP) is 1.58. The summed E-state index contributed by atoms with van der Waals surface area (Å²) in [6, 6.07) is 0.682. The van der Waals surface area contributed by atoms with Crippen LogP contribution in [0.3, 0.4) is 0 Å². The zero-order valence-corrected chi connectivity index (χ0v) is 8.78. The number of rotatable bonds is 2. The van der Waals surface area contributed by atoms with Gasteiger partial charge in [0.25, 0.3) is 0 Å². The molecule has 1 saturated heterocycles. The van der Waals surface area contributed by atoms with E-state index in [1.807, 2.05) is 0 Å². The Morgan fingerprint density at radius 2 is 1.79 bits per heavy atom. The molecule has 0 amide bonds. The van der Waals surface area contributed by atoms with E-state index < -0.39 is 5.97 Å². The molecule has 1 aliphatic heterocycles. The second kappa shape index (κ2) is 3.89. The van der Waals surface area contributed by atoms with Crippen LogP contribution < -0.4 is 0 Å². The van der Waals surface area contributed by atoms with Crippen LogP contribution in [0.4, 0.5) is 0 Å². The first kappa shape index (κ1) is 9.97. The summed E-state index contributed by atoms with van der Waals surface area (Å²) in [4.78, 5) is 13.0. The minimum atomic E-state index is -0.620. The minimum Gasteiger partial charge on any atom is -0.481 e. The Bertz CT molecular complexity index is 215. The van der Waals surface area contributed by atoms with E-state index in [2.05, 4.69) is 11.8 Å². The highest BCUT2D eigenvalue weighted by Crippen LogP contribution is 2.31. The van der Waals surface area contributed by atoms with Gasteiger partial charge in [-0.3, -0.25) is 9.69 Å². The molecule has 1 aliphatic carbocycles. The van der Waals surface area contributed by atoms with Gasteiger partial charge in [0.15, 0.2) is 0 Å². The lowest BCUT2D eigenvalue weighted by atomic mass is 9.84. The average Bonchev–Trinajstić information content (AvgIpc) is 2.05. The smallest absolute Gasteiger partial charge is 0.309 e. The van der Waals surface area contributed by atoms with Gasteiger partial charge in [-0.1, -0.05) is 6.92 Å². The van der Waals surface area contributed by atoms with Crippen LogP contribution in [0.15, 0.2) is 0 Å². The maximum atomic E-state index is 10.6. The van der Waals surface area contributed by atoms with Gasteiger partial charge in [0.05, 0.1) is 5.92 Å². The fourth-order valence-electron chi connectivity index (χ4n) is 2.57. The van der Waals surface area contributed by atoms with Crippen LogP contribution in [-0.4, -0.2) is 35.1 Å². The molecule has 0 aromatic heterocycles. The summed E-state index contributed by atoms with van der Waals surface area (Å²) in [6.07, 6.45) is 5.18. The van der Waals surface area contributed by atoms with E-state index in [0.29, 0.717) is 6.04 Å². The molecule has 1 N–H and O–H groups in total. The Balaban J connectivity index is 1.74. The molecule has 1 heterocycles. The fraction of sp³-hybridized carbons (Fsp3) is 0.909. The summed E-state index contributed by atoms with van der Waals surface area (Å²) in [5, 5.41) is 8.76. The van der Waals surface area contributed by atoms with Gasteiger partial charge in [0, 0.05) is 19.1 Å². The number of nitrogens with zero attached hydrogens (tertiary/aromatic N) is 1. The maximum absolute atomic E-state index is 10.6. The van der Waals surface area contributed by atoms with Gasteiger partial charge in [-0.15, -0.1) is 0 Å². The first-order chi connectivity index (χ1) is 6.66. The van der Waals surface area contributed by atoms with Crippen molar-refractivity contribution in [2.75, 3.05) is 13.1 Å². The molecule has 1 saturated carbocycles. The van der Waals surface area contributed by atoms with E-state index in [-0.39, 0.29) is 5.92 Å². The van der Waals surface area contributed by atoms with Crippen molar-refractivity contribution in [3.63, 3.8) is 0 Å². The molecule has 0 spiro atoms. The van der Waals surface area contributed by atoms with Gasteiger partial charge in [0.2, 0.25) is 0 Å². The van der Waals surface area contributed by atoms with Crippen LogP contribution in [0.25, 0.3) is 0 Å². The van der Waals surface area contributed by atoms with E-state index in [9.17, 15) is 4.79 Å². The number of hydrogen-bond acceptors (Lipinski definition) is 2. The standard InChI is InChI=1S/C11H19NO2/c1-8-2-4-10(5-3-8)12-6-9(7-12)11(13)14/h8-10H,2-7H2,1H3,(H,13,14). The van der Waals surface area contributed by atoms with E-state index in [4.69, 9.17) is 5.11 Å². The molecule has 14 heavy (non-hydrogen) atoms. The summed E-state index contributed by atoms with van der Waals surface area (Å²) in [6.45, 7) is 3.88. The normalized spacial score (nSPS) is 35.2. The van der Waals surface area contributed by atoms with Crippen LogP contribution >= 0.6 is 0 Å².